The maximum atomic E-state index is 12.0. The summed E-state index contributed by atoms with van der Waals surface area (Å²) >= 11 is 5.81. The zero-order valence-electron chi connectivity index (χ0n) is 11.8. The SMILES string of the molecule is CCn1cc(OCc2c(C)noc2C)c(=O)cc1CCl. The van der Waals surface area contributed by atoms with Crippen molar-refractivity contribution < 1.29 is 9.26 Å². The average Bonchev–Trinajstić information content (AvgIpc) is 2.76. The Morgan fingerprint density at radius 3 is 2.75 bits per heavy atom. The van der Waals surface area contributed by atoms with E-state index in [0.717, 1.165) is 23.5 Å². The van der Waals surface area contributed by atoms with Crippen molar-refractivity contribution in [2.24, 2.45) is 0 Å². The lowest BCUT2D eigenvalue weighted by Crippen LogP contribution is -2.14. The van der Waals surface area contributed by atoms with Crippen molar-refractivity contribution in [1.82, 2.24) is 9.72 Å². The smallest absolute Gasteiger partial charge is 0.223 e. The largest absolute Gasteiger partial charge is 0.483 e. The quantitative estimate of drug-likeness (QED) is 0.796. The number of halogens is 1. The number of aryl methyl sites for hydroxylation is 3. The lowest BCUT2D eigenvalue weighted by atomic mass is 10.2. The molecule has 0 N–H and O–H groups in total. The van der Waals surface area contributed by atoms with Gasteiger partial charge >= 0.3 is 0 Å². The number of aromatic nitrogens is 2. The second kappa shape index (κ2) is 6.13. The molecule has 0 spiro atoms. The van der Waals surface area contributed by atoms with Crippen LogP contribution in [-0.4, -0.2) is 9.72 Å². The molecule has 20 heavy (non-hydrogen) atoms. The molecule has 0 unspecified atom stereocenters. The number of ether oxygens (including phenoxy) is 1. The minimum Gasteiger partial charge on any atom is -0.483 e. The van der Waals surface area contributed by atoms with Crippen LogP contribution in [0.4, 0.5) is 0 Å². The predicted molar refractivity (Wildman–Crippen MR) is 76.2 cm³/mol. The van der Waals surface area contributed by atoms with Crippen LogP contribution in [0.1, 0.15) is 29.6 Å². The third kappa shape index (κ3) is 2.88. The first kappa shape index (κ1) is 14.7. The van der Waals surface area contributed by atoms with Crippen LogP contribution in [0, 0.1) is 13.8 Å². The van der Waals surface area contributed by atoms with Crippen molar-refractivity contribution in [2.75, 3.05) is 0 Å². The molecular formula is C14H17ClN2O3. The molecule has 0 saturated heterocycles. The highest BCUT2D eigenvalue weighted by atomic mass is 35.5. The van der Waals surface area contributed by atoms with E-state index < -0.39 is 0 Å². The summed E-state index contributed by atoms with van der Waals surface area (Å²) in [7, 11) is 0. The van der Waals surface area contributed by atoms with E-state index in [1.165, 1.54) is 6.07 Å². The van der Waals surface area contributed by atoms with Gasteiger partial charge in [-0.25, -0.2) is 0 Å². The van der Waals surface area contributed by atoms with Crippen LogP contribution in [0.5, 0.6) is 5.75 Å². The van der Waals surface area contributed by atoms with Crippen molar-refractivity contribution >= 4 is 11.6 Å². The second-order valence-corrected chi connectivity index (χ2v) is 4.77. The van der Waals surface area contributed by atoms with E-state index in [1.54, 1.807) is 6.20 Å². The van der Waals surface area contributed by atoms with Crippen LogP contribution >= 0.6 is 11.6 Å². The number of alkyl halides is 1. The minimum absolute atomic E-state index is 0.169. The van der Waals surface area contributed by atoms with Gasteiger partial charge in [-0.3, -0.25) is 4.79 Å². The summed E-state index contributed by atoms with van der Waals surface area (Å²) < 4.78 is 12.6. The second-order valence-electron chi connectivity index (χ2n) is 4.50. The van der Waals surface area contributed by atoms with Crippen LogP contribution in [0.15, 0.2) is 21.6 Å². The van der Waals surface area contributed by atoms with Gasteiger partial charge in [0.05, 0.1) is 23.3 Å². The fourth-order valence-electron chi connectivity index (χ4n) is 1.97. The Morgan fingerprint density at radius 1 is 1.45 bits per heavy atom. The Hall–Kier alpha value is -1.75. The first-order valence-electron chi connectivity index (χ1n) is 6.40. The van der Waals surface area contributed by atoms with E-state index in [1.807, 2.05) is 25.3 Å². The molecule has 108 valence electrons. The third-order valence-electron chi connectivity index (χ3n) is 3.21. The van der Waals surface area contributed by atoms with Gasteiger partial charge in [0.2, 0.25) is 5.43 Å². The molecule has 2 heterocycles. The summed E-state index contributed by atoms with van der Waals surface area (Å²) in [4.78, 5) is 12.0. The van der Waals surface area contributed by atoms with E-state index in [2.05, 4.69) is 5.16 Å². The molecule has 0 atom stereocenters. The van der Waals surface area contributed by atoms with Crippen molar-refractivity contribution in [3.05, 3.63) is 45.2 Å². The lowest BCUT2D eigenvalue weighted by molar-refractivity contribution is 0.295. The lowest BCUT2D eigenvalue weighted by Gasteiger charge is -2.12. The van der Waals surface area contributed by atoms with Crippen molar-refractivity contribution in [3.63, 3.8) is 0 Å². The molecule has 0 bridgehead atoms. The highest BCUT2D eigenvalue weighted by molar-refractivity contribution is 6.16. The molecule has 5 nitrogen and oxygen atoms in total. The van der Waals surface area contributed by atoms with Crippen molar-refractivity contribution in [2.45, 2.75) is 39.8 Å². The Labute approximate surface area is 122 Å². The van der Waals surface area contributed by atoms with E-state index in [9.17, 15) is 4.79 Å². The fraction of sp³-hybridized carbons (Fsp3) is 0.429. The maximum absolute atomic E-state index is 12.0. The van der Waals surface area contributed by atoms with E-state index in [-0.39, 0.29) is 12.0 Å². The van der Waals surface area contributed by atoms with Crippen LogP contribution in [-0.2, 0) is 19.0 Å². The van der Waals surface area contributed by atoms with Gasteiger partial charge in [0.1, 0.15) is 12.4 Å². The number of rotatable bonds is 5. The summed E-state index contributed by atoms with van der Waals surface area (Å²) in [6, 6.07) is 1.51. The normalized spacial score (nSPS) is 10.8. The van der Waals surface area contributed by atoms with Crippen LogP contribution in [0.2, 0.25) is 0 Å². The summed E-state index contributed by atoms with van der Waals surface area (Å²) in [5.74, 6) is 1.31. The Kier molecular flexibility index (Phi) is 4.49. The molecule has 0 aliphatic carbocycles. The fourth-order valence-corrected chi connectivity index (χ4v) is 2.20. The van der Waals surface area contributed by atoms with E-state index in [4.69, 9.17) is 20.9 Å². The van der Waals surface area contributed by atoms with Crippen LogP contribution < -0.4 is 10.2 Å². The van der Waals surface area contributed by atoms with Gasteiger partial charge in [-0.2, -0.15) is 0 Å². The van der Waals surface area contributed by atoms with Crippen molar-refractivity contribution in [3.8, 4) is 5.75 Å². The third-order valence-corrected chi connectivity index (χ3v) is 3.49. The van der Waals surface area contributed by atoms with Crippen LogP contribution in [0.25, 0.3) is 0 Å². The Morgan fingerprint density at radius 2 is 2.20 bits per heavy atom. The standard InChI is InChI=1S/C14H17ClN2O3/c1-4-17-7-14(13(18)5-11(17)6-15)19-8-12-9(2)16-20-10(12)3/h5,7H,4,6,8H2,1-3H3. The topological polar surface area (TPSA) is 57.3 Å². The summed E-state index contributed by atoms with van der Waals surface area (Å²) in [6.07, 6.45) is 1.69. The minimum atomic E-state index is -0.169. The number of hydrogen-bond acceptors (Lipinski definition) is 4. The van der Waals surface area contributed by atoms with Crippen LogP contribution in [0.3, 0.4) is 0 Å². The molecule has 0 aliphatic heterocycles. The summed E-state index contributed by atoms with van der Waals surface area (Å²) in [6.45, 7) is 6.64. The monoisotopic (exact) mass is 296 g/mol. The maximum Gasteiger partial charge on any atom is 0.223 e. The molecule has 2 aromatic heterocycles. The van der Waals surface area contributed by atoms with Gasteiger partial charge in [-0.1, -0.05) is 5.16 Å². The zero-order valence-corrected chi connectivity index (χ0v) is 12.5. The van der Waals surface area contributed by atoms with Gasteiger partial charge in [0.15, 0.2) is 5.75 Å². The van der Waals surface area contributed by atoms with E-state index >= 15 is 0 Å². The van der Waals surface area contributed by atoms with Gasteiger partial charge in [0.25, 0.3) is 0 Å². The molecular weight excluding hydrogens is 280 g/mol. The van der Waals surface area contributed by atoms with Crippen molar-refractivity contribution in [1.29, 1.82) is 0 Å². The molecule has 0 radical (unpaired) electrons. The first-order chi connectivity index (χ1) is 9.56. The molecule has 0 aliphatic rings. The van der Waals surface area contributed by atoms with E-state index in [0.29, 0.717) is 17.4 Å². The molecule has 0 aromatic carbocycles. The molecule has 0 fully saturated rings. The summed E-state index contributed by atoms with van der Waals surface area (Å²) in [5.41, 5.74) is 2.26. The summed E-state index contributed by atoms with van der Waals surface area (Å²) in [5, 5.41) is 3.86. The Balaban J connectivity index is 2.24. The molecule has 2 aromatic rings. The number of hydrogen-bond donors (Lipinski definition) is 0. The predicted octanol–water partition coefficient (Wildman–Crippen LogP) is 2.79. The molecule has 0 amide bonds. The number of nitrogens with zero attached hydrogens (tertiary/aromatic N) is 2. The zero-order chi connectivity index (χ0) is 14.7. The first-order valence-corrected chi connectivity index (χ1v) is 6.94. The molecule has 0 saturated carbocycles. The Bertz CT molecular complexity index is 641. The average molecular weight is 297 g/mol. The highest BCUT2D eigenvalue weighted by Crippen LogP contribution is 2.16. The highest BCUT2D eigenvalue weighted by Gasteiger charge is 2.12. The number of pyridine rings is 1. The van der Waals surface area contributed by atoms with Gasteiger partial charge < -0.3 is 13.8 Å². The molecule has 6 heteroatoms. The van der Waals surface area contributed by atoms with Gasteiger partial charge in [-0.15, -0.1) is 11.6 Å². The van der Waals surface area contributed by atoms with Gasteiger partial charge in [-0.05, 0) is 20.8 Å². The van der Waals surface area contributed by atoms with Gasteiger partial charge in [0, 0.05) is 18.3 Å². The molecule has 2 rings (SSSR count).